The second kappa shape index (κ2) is 10.6. The van der Waals surface area contributed by atoms with Crippen LogP contribution in [-0.4, -0.2) is 56.1 Å². The minimum atomic E-state index is 0.0400. The van der Waals surface area contributed by atoms with Gasteiger partial charge >= 0.3 is 0 Å². The van der Waals surface area contributed by atoms with E-state index in [4.69, 9.17) is 16.3 Å². The van der Waals surface area contributed by atoms with Crippen molar-refractivity contribution in [2.24, 2.45) is 0 Å². The number of fused-ring (bicyclic) bond motifs is 1. The standard InChI is InChI=1S/C29H29ClN6O2/c1-19-31-11-13-36(19)24-6-2-20(3-7-24)8-12-35-18-22-5-4-21(16-25(22)28(35)37)27-26(30)17-32-29(34-27)33-23-9-14-38-15-10-23/h2-7,11,13,16-17,23H,8-10,12,14-15,18H2,1H3,(H,32,33,34). The van der Waals surface area contributed by atoms with Crippen LogP contribution in [0.1, 0.15) is 40.2 Å². The van der Waals surface area contributed by atoms with Gasteiger partial charge in [-0.15, -0.1) is 0 Å². The number of carbonyl (C=O) groups excluding carboxylic acids is 1. The van der Waals surface area contributed by atoms with Gasteiger partial charge in [-0.25, -0.2) is 15.0 Å². The normalized spacial score (nSPS) is 15.6. The molecule has 0 spiro atoms. The number of hydrogen-bond donors (Lipinski definition) is 1. The van der Waals surface area contributed by atoms with Crippen molar-refractivity contribution in [2.45, 2.75) is 38.8 Å². The van der Waals surface area contributed by atoms with E-state index in [0.717, 1.165) is 55.1 Å². The topological polar surface area (TPSA) is 85.2 Å². The van der Waals surface area contributed by atoms with Gasteiger partial charge < -0.3 is 19.5 Å². The van der Waals surface area contributed by atoms with E-state index in [-0.39, 0.29) is 11.9 Å². The predicted octanol–water partition coefficient (Wildman–Crippen LogP) is 5.08. The highest BCUT2D eigenvalue weighted by atomic mass is 35.5. The molecule has 2 aliphatic rings. The largest absolute Gasteiger partial charge is 0.381 e. The van der Waals surface area contributed by atoms with Gasteiger partial charge in [0, 0.05) is 61.6 Å². The zero-order chi connectivity index (χ0) is 26.1. The first-order valence-electron chi connectivity index (χ1n) is 12.9. The average Bonchev–Trinajstić information content (AvgIpc) is 3.51. The van der Waals surface area contributed by atoms with Crippen LogP contribution in [0.5, 0.6) is 0 Å². The number of halogens is 1. The second-order valence-corrected chi connectivity index (χ2v) is 10.2. The van der Waals surface area contributed by atoms with Gasteiger partial charge in [-0.3, -0.25) is 4.79 Å². The van der Waals surface area contributed by atoms with Crippen molar-refractivity contribution in [2.75, 3.05) is 25.1 Å². The molecule has 0 radical (unpaired) electrons. The fraction of sp³-hybridized carbons (Fsp3) is 0.310. The molecule has 0 unspecified atom stereocenters. The molecular formula is C29H29ClN6O2. The van der Waals surface area contributed by atoms with Gasteiger partial charge in [-0.05, 0) is 55.5 Å². The van der Waals surface area contributed by atoms with E-state index in [1.807, 2.05) is 36.2 Å². The van der Waals surface area contributed by atoms with Crippen LogP contribution in [0.15, 0.2) is 61.1 Å². The number of ether oxygens (including phenoxy) is 1. The summed E-state index contributed by atoms with van der Waals surface area (Å²) in [6.45, 7) is 4.71. The average molecular weight is 529 g/mol. The van der Waals surface area contributed by atoms with Crippen LogP contribution in [0.2, 0.25) is 5.02 Å². The lowest BCUT2D eigenvalue weighted by atomic mass is 10.0. The van der Waals surface area contributed by atoms with Crippen LogP contribution in [0, 0.1) is 6.92 Å². The van der Waals surface area contributed by atoms with Crippen molar-refractivity contribution in [3.8, 4) is 16.9 Å². The summed E-state index contributed by atoms with van der Waals surface area (Å²) in [6.07, 6.45) is 7.99. The van der Waals surface area contributed by atoms with Crippen LogP contribution in [-0.2, 0) is 17.7 Å². The zero-order valence-corrected chi connectivity index (χ0v) is 22.0. The Balaban J connectivity index is 1.13. The number of carbonyl (C=O) groups is 1. The van der Waals surface area contributed by atoms with Gasteiger partial charge in [0.2, 0.25) is 5.95 Å². The van der Waals surface area contributed by atoms with Gasteiger partial charge in [0.15, 0.2) is 0 Å². The first-order valence-corrected chi connectivity index (χ1v) is 13.3. The minimum Gasteiger partial charge on any atom is -0.381 e. The number of nitrogens with one attached hydrogen (secondary N) is 1. The minimum absolute atomic E-state index is 0.0400. The lowest BCUT2D eigenvalue weighted by Gasteiger charge is -2.23. The molecule has 1 amide bonds. The predicted molar refractivity (Wildman–Crippen MR) is 147 cm³/mol. The fourth-order valence-corrected chi connectivity index (χ4v) is 5.29. The Morgan fingerprint density at radius 3 is 2.68 bits per heavy atom. The lowest BCUT2D eigenvalue weighted by Crippen LogP contribution is -2.28. The molecular weight excluding hydrogens is 500 g/mol. The zero-order valence-electron chi connectivity index (χ0n) is 21.2. The van der Waals surface area contributed by atoms with Crippen molar-refractivity contribution >= 4 is 23.5 Å². The van der Waals surface area contributed by atoms with Crippen LogP contribution < -0.4 is 5.32 Å². The Morgan fingerprint density at radius 2 is 1.92 bits per heavy atom. The number of hydrogen-bond acceptors (Lipinski definition) is 6. The van der Waals surface area contributed by atoms with E-state index >= 15 is 0 Å². The van der Waals surface area contributed by atoms with E-state index in [9.17, 15) is 4.79 Å². The summed E-state index contributed by atoms with van der Waals surface area (Å²) in [7, 11) is 0. The third-order valence-corrected chi connectivity index (χ3v) is 7.55. The molecule has 2 aromatic carbocycles. The molecule has 0 aliphatic carbocycles. The van der Waals surface area contributed by atoms with Gasteiger partial charge in [0.25, 0.3) is 5.91 Å². The first kappa shape index (κ1) is 24.6. The molecule has 1 N–H and O–H groups in total. The number of imidazole rings is 1. The van der Waals surface area contributed by atoms with Crippen molar-refractivity contribution in [3.63, 3.8) is 0 Å². The van der Waals surface area contributed by atoms with Crippen LogP contribution in [0.3, 0.4) is 0 Å². The Hall–Kier alpha value is -3.75. The highest BCUT2D eigenvalue weighted by molar-refractivity contribution is 6.33. The highest BCUT2D eigenvalue weighted by Gasteiger charge is 2.28. The Bertz CT molecular complexity index is 1460. The maximum absolute atomic E-state index is 13.3. The number of aromatic nitrogens is 4. The van der Waals surface area contributed by atoms with Gasteiger partial charge in [-0.1, -0.05) is 35.9 Å². The molecule has 4 heterocycles. The number of aryl methyl sites for hydroxylation is 1. The molecule has 0 atom stereocenters. The van der Waals surface area contributed by atoms with Crippen LogP contribution in [0.25, 0.3) is 16.9 Å². The molecule has 2 aliphatic heterocycles. The van der Waals surface area contributed by atoms with Crippen molar-refractivity contribution in [1.29, 1.82) is 0 Å². The summed E-state index contributed by atoms with van der Waals surface area (Å²) in [6, 6.07) is 14.6. The van der Waals surface area contributed by atoms with Crippen LogP contribution in [0.4, 0.5) is 5.95 Å². The highest BCUT2D eigenvalue weighted by Crippen LogP contribution is 2.32. The van der Waals surface area contributed by atoms with Crippen LogP contribution >= 0.6 is 11.6 Å². The summed E-state index contributed by atoms with van der Waals surface area (Å²) in [5.74, 6) is 1.53. The molecule has 0 bridgehead atoms. The van der Waals surface area contributed by atoms with E-state index in [1.54, 1.807) is 12.4 Å². The first-order chi connectivity index (χ1) is 18.5. The Labute approximate surface area is 226 Å². The SMILES string of the molecule is Cc1nccn1-c1ccc(CCN2Cc3ccc(-c4nc(NC5CCOCC5)ncc4Cl)cc3C2=O)cc1. The fourth-order valence-electron chi connectivity index (χ4n) is 5.09. The monoisotopic (exact) mass is 528 g/mol. The number of nitrogens with zero attached hydrogens (tertiary/aromatic N) is 5. The van der Waals surface area contributed by atoms with Gasteiger partial charge in [0.1, 0.15) is 5.82 Å². The van der Waals surface area contributed by atoms with Gasteiger partial charge in [0.05, 0.1) is 16.9 Å². The van der Waals surface area contributed by atoms with Gasteiger partial charge in [-0.2, -0.15) is 0 Å². The number of rotatable bonds is 7. The third-order valence-electron chi connectivity index (χ3n) is 7.27. The molecule has 2 aromatic heterocycles. The maximum Gasteiger partial charge on any atom is 0.254 e. The summed E-state index contributed by atoms with van der Waals surface area (Å²) in [5.41, 5.74) is 5.44. The number of anilines is 1. The summed E-state index contributed by atoms with van der Waals surface area (Å²) < 4.78 is 7.49. The van der Waals surface area contributed by atoms with Crippen molar-refractivity contribution in [3.05, 3.63) is 88.6 Å². The molecule has 9 heteroatoms. The quantitative estimate of drug-likeness (QED) is 0.360. The molecule has 38 heavy (non-hydrogen) atoms. The molecule has 4 aromatic rings. The molecule has 0 saturated carbocycles. The smallest absolute Gasteiger partial charge is 0.254 e. The van der Waals surface area contributed by atoms with Crippen molar-refractivity contribution < 1.29 is 9.53 Å². The van der Waals surface area contributed by atoms with E-state index < -0.39 is 0 Å². The molecule has 194 valence electrons. The van der Waals surface area contributed by atoms with E-state index in [1.165, 1.54) is 5.56 Å². The molecule has 1 saturated heterocycles. The second-order valence-electron chi connectivity index (χ2n) is 9.78. The molecule has 1 fully saturated rings. The van der Waals surface area contributed by atoms with E-state index in [2.05, 4.69) is 49.1 Å². The number of amides is 1. The maximum atomic E-state index is 13.3. The van der Waals surface area contributed by atoms with Crippen molar-refractivity contribution in [1.82, 2.24) is 24.4 Å². The Morgan fingerprint density at radius 1 is 1.11 bits per heavy atom. The summed E-state index contributed by atoms with van der Waals surface area (Å²) in [4.78, 5) is 28.5. The molecule has 6 rings (SSSR count). The molecule has 8 nitrogen and oxygen atoms in total. The third kappa shape index (κ3) is 5.01. The summed E-state index contributed by atoms with van der Waals surface area (Å²) in [5, 5.41) is 3.85. The van der Waals surface area contributed by atoms with E-state index in [0.29, 0.717) is 35.3 Å². The Kier molecular flexibility index (Phi) is 6.82. The lowest BCUT2D eigenvalue weighted by molar-refractivity contribution is 0.0780. The number of benzene rings is 2. The summed E-state index contributed by atoms with van der Waals surface area (Å²) >= 11 is 6.49.